The molecule has 19 heavy (non-hydrogen) atoms. The lowest BCUT2D eigenvalue weighted by molar-refractivity contribution is 0.0192. The third kappa shape index (κ3) is 1.73. The van der Waals surface area contributed by atoms with Crippen LogP contribution in [0, 0.1) is 5.82 Å². The highest BCUT2D eigenvalue weighted by Crippen LogP contribution is 2.42. The number of alkyl halides is 1. The Morgan fingerprint density at radius 3 is 2.47 bits per heavy atom. The van der Waals surface area contributed by atoms with Gasteiger partial charge in [0.1, 0.15) is 5.82 Å². The number of halogens is 2. The molecule has 0 radical (unpaired) electrons. The number of benzene rings is 2. The summed E-state index contributed by atoms with van der Waals surface area (Å²) in [6, 6.07) is 13.0. The summed E-state index contributed by atoms with van der Waals surface area (Å²) >= 11 is 6.06. The van der Waals surface area contributed by atoms with Crippen LogP contribution >= 0.6 is 11.6 Å². The molecule has 0 amide bonds. The summed E-state index contributed by atoms with van der Waals surface area (Å²) in [7, 11) is 0. The highest BCUT2D eigenvalue weighted by molar-refractivity contribution is 6.19. The van der Waals surface area contributed by atoms with Crippen LogP contribution in [0.5, 0.6) is 0 Å². The van der Waals surface area contributed by atoms with Gasteiger partial charge in [0.15, 0.2) is 5.60 Å². The number of ether oxygens (including phenoxy) is 1. The Morgan fingerprint density at radius 1 is 1.11 bits per heavy atom. The molecule has 0 bridgehead atoms. The second-order valence-electron chi connectivity index (χ2n) is 4.40. The molecule has 0 saturated carbocycles. The molecule has 2 aromatic rings. The SMILES string of the molecule is O=C1O[C@](CCl)(c2ccc(F)cc2)c2ccccc21. The number of cyclic esters (lactones) is 1. The first-order chi connectivity index (χ1) is 9.17. The van der Waals surface area contributed by atoms with E-state index in [1.54, 1.807) is 24.3 Å². The lowest BCUT2D eigenvalue weighted by atomic mass is 9.87. The van der Waals surface area contributed by atoms with Crippen molar-refractivity contribution in [2.24, 2.45) is 0 Å². The largest absolute Gasteiger partial charge is 0.444 e. The minimum absolute atomic E-state index is 0.0847. The van der Waals surface area contributed by atoms with Gasteiger partial charge in [0.2, 0.25) is 0 Å². The molecular formula is C15H10ClFO2. The summed E-state index contributed by atoms with van der Waals surface area (Å²) in [5.74, 6) is -0.659. The summed E-state index contributed by atoms with van der Waals surface area (Å²) in [6.07, 6.45) is 0. The molecule has 1 aliphatic heterocycles. The Morgan fingerprint density at radius 2 is 1.79 bits per heavy atom. The summed E-state index contributed by atoms with van der Waals surface area (Å²) in [5, 5.41) is 0. The van der Waals surface area contributed by atoms with Gasteiger partial charge in [-0.15, -0.1) is 11.6 Å². The third-order valence-corrected chi connectivity index (χ3v) is 3.72. The van der Waals surface area contributed by atoms with Crippen LogP contribution in [0.2, 0.25) is 0 Å². The summed E-state index contributed by atoms with van der Waals surface area (Å²) in [4.78, 5) is 11.9. The molecule has 0 unspecified atom stereocenters. The zero-order valence-electron chi connectivity index (χ0n) is 9.90. The van der Waals surface area contributed by atoms with Crippen molar-refractivity contribution in [3.05, 3.63) is 71.0 Å². The minimum atomic E-state index is -1.02. The van der Waals surface area contributed by atoms with Crippen molar-refractivity contribution in [3.8, 4) is 0 Å². The molecule has 0 fully saturated rings. The lowest BCUT2D eigenvalue weighted by Gasteiger charge is -2.27. The Labute approximate surface area is 114 Å². The van der Waals surface area contributed by atoms with E-state index in [0.29, 0.717) is 11.1 Å². The zero-order valence-corrected chi connectivity index (χ0v) is 10.7. The summed E-state index contributed by atoms with van der Waals surface area (Å²) in [6.45, 7) is 0. The average Bonchev–Trinajstić information content (AvgIpc) is 2.74. The van der Waals surface area contributed by atoms with Crippen molar-refractivity contribution in [1.82, 2.24) is 0 Å². The van der Waals surface area contributed by atoms with Gasteiger partial charge in [0, 0.05) is 11.1 Å². The molecule has 96 valence electrons. The van der Waals surface area contributed by atoms with Gasteiger partial charge in [-0.1, -0.05) is 30.3 Å². The van der Waals surface area contributed by atoms with E-state index in [1.165, 1.54) is 12.1 Å². The van der Waals surface area contributed by atoms with Crippen LogP contribution in [0.25, 0.3) is 0 Å². The maximum Gasteiger partial charge on any atom is 0.339 e. The van der Waals surface area contributed by atoms with Crippen LogP contribution in [0.15, 0.2) is 48.5 Å². The molecular weight excluding hydrogens is 267 g/mol. The van der Waals surface area contributed by atoms with Crippen molar-refractivity contribution in [1.29, 1.82) is 0 Å². The Hall–Kier alpha value is -1.87. The van der Waals surface area contributed by atoms with E-state index in [9.17, 15) is 9.18 Å². The number of hydrogen-bond acceptors (Lipinski definition) is 2. The van der Waals surface area contributed by atoms with E-state index in [2.05, 4.69) is 0 Å². The van der Waals surface area contributed by atoms with Gasteiger partial charge in [-0.2, -0.15) is 0 Å². The molecule has 0 aliphatic carbocycles. The monoisotopic (exact) mass is 276 g/mol. The van der Waals surface area contributed by atoms with E-state index in [4.69, 9.17) is 16.3 Å². The molecule has 0 saturated heterocycles. The Balaban J connectivity index is 2.21. The third-order valence-electron chi connectivity index (χ3n) is 3.35. The topological polar surface area (TPSA) is 26.3 Å². The number of esters is 1. The second kappa shape index (κ2) is 4.35. The van der Waals surface area contributed by atoms with Crippen LogP contribution in [0.4, 0.5) is 4.39 Å². The molecule has 1 heterocycles. The summed E-state index contributed by atoms with van der Waals surface area (Å²) < 4.78 is 18.5. The van der Waals surface area contributed by atoms with Crippen molar-refractivity contribution in [2.75, 3.05) is 5.88 Å². The Bertz CT molecular complexity index is 639. The fraction of sp³-hybridized carbons (Fsp3) is 0.133. The number of carbonyl (C=O) groups excluding carboxylic acids is 1. The average molecular weight is 277 g/mol. The van der Waals surface area contributed by atoms with Crippen LogP contribution in [-0.4, -0.2) is 11.8 Å². The van der Waals surface area contributed by atoms with Crippen LogP contribution in [-0.2, 0) is 10.3 Å². The van der Waals surface area contributed by atoms with Gasteiger partial charge in [-0.25, -0.2) is 9.18 Å². The predicted molar refractivity (Wildman–Crippen MR) is 69.8 cm³/mol. The standard InChI is InChI=1S/C15H10ClFO2/c16-9-15(10-5-7-11(17)8-6-10)13-4-2-1-3-12(13)14(18)19-15/h1-8H,9H2/t15-/m1/s1. The smallest absolute Gasteiger partial charge is 0.339 e. The highest BCUT2D eigenvalue weighted by atomic mass is 35.5. The minimum Gasteiger partial charge on any atom is -0.444 e. The van der Waals surface area contributed by atoms with E-state index < -0.39 is 11.6 Å². The van der Waals surface area contributed by atoms with Crippen LogP contribution in [0.1, 0.15) is 21.5 Å². The quantitative estimate of drug-likeness (QED) is 0.620. The molecule has 1 aliphatic rings. The fourth-order valence-corrected chi connectivity index (χ4v) is 2.74. The molecule has 1 atom stereocenters. The fourth-order valence-electron chi connectivity index (χ4n) is 2.39. The maximum absolute atomic E-state index is 13.0. The maximum atomic E-state index is 13.0. The molecule has 2 nitrogen and oxygen atoms in total. The van der Waals surface area contributed by atoms with E-state index in [-0.39, 0.29) is 11.7 Å². The first-order valence-corrected chi connectivity index (χ1v) is 6.36. The zero-order chi connectivity index (χ0) is 13.5. The number of rotatable bonds is 2. The van der Waals surface area contributed by atoms with Crippen LogP contribution < -0.4 is 0 Å². The number of fused-ring (bicyclic) bond motifs is 1. The first kappa shape index (κ1) is 12.2. The van der Waals surface area contributed by atoms with Crippen molar-refractivity contribution >= 4 is 17.6 Å². The van der Waals surface area contributed by atoms with E-state index in [1.807, 2.05) is 12.1 Å². The molecule has 0 spiro atoms. The van der Waals surface area contributed by atoms with Crippen molar-refractivity contribution in [2.45, 2.75) is 5.60 Å². The lowest BCUT2D eigenvalue weighted by Crippen LogP contribution is -2.29. The first-order valence-electron chi connectivity index (χ1n) is 5.82. The second-order valence-corrected chi connectivity index (χ2v) is 4.67. The van der Waals surface area contributed by atoms with Gasteiger partial charge in [0.25, 0.3) is 0 Å². The summed E-state index contributed by atoms with van der Waals surface area (Å²) in [5.41, 5.74) is 0.874. The molecule has 3 rings (SSSR count). The highest BCUT2D eigenvalue weighted by Gasteiger charge is 2.46. The molecule has 2 aromatic carbocycles. The number of hydrogen-bond donors (Lipinski definition) is 0. The molecule has 0 aromatic heterocycles. The van der Waals surface area contributed by atoms with Gasteiger partial charge < -0.3 is 4.74 Å². The van der Waals surface area contributed by atoms with Crippen LogP contribution in [0.3, 0.4) is 0 Å². The van der Waals surface area contributed by atoms with E-state index in [0.717, 1.165) is 5.56 Å². The van der Waals surface area contributed by atoms with Gasteiger partial charge in [0.05, 0.1) is 11.4 Å². The van der Waals surface area contributed by atoms with Gasteiger partial charge in [-0.3, -0.25) is 0 Å². The van der Waals surface area contributed by atoms with Gasteiger partial charge >= 0.3 is 5.97 Å². The van der Waals surface area contributed by atoms with E-state index >= 15 is 0 Å². The van der Waals surface area contributed by atoms with Gasteiger partial charge in [-0.05, 0) is 18.2 Å². The number of carbonyl (C=O) groups is 1. The molecule has 0 N–H and O–H groups in total. The Kier molecular flexibility index (Phi) is 2.79. The molecule has 4 heteroatoms. The van der Waals surface area contributed by atoms with Crippen molar-refractivity contribution in [3.63, 3.8) is 0 Å². The normalized spacial score (nSPS) is 21.1. The van der Waals surface area contributed by atoms with Crippen molar-refractivity contribution < 1.29 is 13.9 Å². The predicted octanol–water partition coefficient (Wildman–Crippen LogP) is 3.48.